The van der Waals surface area contributed by atoms with Crippen LogP contribution in [0, 0.1) is 6.92 Å². The number of sulfonamides is 1. The van der Waals surface area contributed by atoms with Crippen LogP contribution in [0.2, 0.25) is 0 Å². The monoisotopic (exact) mass is 629 g/mol. The van der Waals surface area contributed by atoms with Gasteiger partial charge in [-0.2, -0.15) is 0 Å². The van der Waals surface area contributed by atoms with Crippen LogP contribution in [0.3, 0.4) is 0 Å². The Morgan fingerprint density at radius 3 is 2.20 bits per heavy atom. The van der Waals surface area contributed by atoms with Crippen molar-refractivity contribution < 1.29 is 22.7 Å². The van der Waals surface area contributed by atoms with Gasteiger partial charge >= 0.3 is 0 Å². The third kappa shape index (κ3) is 8.08. The molecule has 3 aromatic carbocycles. The molecule has 2 amide bonds. The zero-order chi connectivity index (χ0) is 29.4. The third-order valence-corrected chi connectivity index (χ3v) is 8.47. The molecule has 10 heteroatoms. The predicted molar refractivity (Wildman–Crippen MR) is 161 cm³/mol. The summed E-state index contributed by atoms with van der Waals surface area (Å²) in [5.74, 6) is -0.250. The van der Waals surface area contributed by atoms with Crippen molar-refractivity contribution in [3.05, 3.63) is 88.4 Å². The Kier molecular flexibility index (Phi) is 10.8. The quantitative estimate of drug-likeness (QED) is 0.294. The maximum absolute atomic E-state index is 14.0. The normalized spacial score (nSPS) is 12.1. The van der Waals surface area contributed by atoms with Gasteiger partial charge in [-0.25, -0.2) is 8.42 Å². The van der Waals surface area contributed by atoms with Gasteiger partial charge in [0.15, 0.2) is 0 Å². The molecule has 0 aliphatic rings. The number of nitrogens with one attached hydrogen (secondary N) is 1. The van der Waals surface area contributed by atoms with Crippen LogP contribution >= 0.6 is 15.9 Å². The predicted octanol–water partition coefficient (Wildman–Crippen LogP) is 5.29. The fraction of sp³-hybridized carbons (Fsp3) is 0.333. The average Bonchev–Trinajstić information content (AvgIpc) is 2.90. The van der Waals surface area contributed by atoms with Gasteiger partial charge in [0.05, 0.1) is 17.2 Å². The van der Waals surface area contributed by atoms with Gasteiger partial charge in [0.2, 0.25) is 11.8 Å². The van der Waals surface area contributed by atoms with Gasteiger partial charge in [0.25, 0.3) is 10.0 Å². The van der Waals surface area contributed by atoms with E-state index in [0.717, 1.165) is 19.9 Å². The molecule has 8 nitrogen and oxygen atoms in total. The fourth-order valence-electron chi connectivity index (χ4n) is 4.13. The number of nitrogens with zero attached hydrogens (tertiary/aromatic N) is 2. The van der Waals surface area contributed by atoms with Gasteiger partial charge in [0.1, 0.15) is 18.3 Å². The molecule has 0 aromatic heterocycles. The molecular formula is C30H36BrN3O5S. The van der Waals surface area contributed by atoms with E-state index in [1.165, 1.54) is 17.0 Å². The summed E-state index contributed by atoms with van der Waals surface area (Å²) in [6.45, 7) is 9.24. The Bertz CT molecular complexity index is 1410. The van der Waals surface area contributed by atoms with Gasteiger partial charge in [0, 0.05) is 17.1 Å². The molecule has 0 bridgehead atoms. The van der Waals surface area contributed by atoms with Crippen LogP contribution in [0.4, 0.5) is 5.69 Å². The first-order valence-corrected chi connectivity index (χ1v) is 15.3. The topological polar surface area (TPSA) is 96.0 Å². The molecule has 3 rings (SSSR count). The van der Waals surface area contributed by atoms with Gasteiger partial charge in [-0.3, -0.25) is 13.9 Å². The number of rotatable bonds is 12. The number of hydrogen-bond acceptors (Lipinski definition) is 5. The van der Waals surface area contributed by atoms with E-state index in [2.05, 4.69) is 21.2 Å². The molecule has 214 valence electrons. The first kappa shape index (κ1) is 31.2. The van der Waals surface area contributed by atoms with Crippen LogP contribution in [0.1, 0.15) is 38.8 Å². The molecule has 0 saturated carbocycles. The van der Waals surface area contributed by atoms with E-state index in [9.17, 15) is 18.0 Å². The van der Waals surface area contributed by atoms with Crippen molar-refractivity contribution in [3.8, 4) is 5.75 Å². The molecule has 0 saturated heterocycles. The van der Waals surface area contributed by atoms with Crippen molar-refractivity contribution in [1.82, 2.24) is 10.2 Å². The number of carbonyl (C=O) groups excluding carboxylic acids is 2. The van der Waals surface area contributed by atoms with E-state index in [4.69, 9.17) is 4.74 Å². The molecule has 0 fully saturated rings. The summed E-state index contributed by atoms with van der Waals surface area (Å²) in [5.41, 5.74) is 2.15. The molecule has 0 aliphatic heterocycles. The van der Waals surface area contributed by atoms with Crippen LogP contribution in [-0.4, -0.2) is 50.4 Å². The summed E-state index contributed by atoms with van der Waals surface area (Å²) in [4.78, 5) is 28.4. The highest BCUT2D eigenvalue weighted by atomic mass is 79.9. The molecule has 0 radical (unpaired) electrons. The first-order valence-electron chi connectivity index (χ1n) is 13.1. The summed E-state index contributed by atoms with van der Waals surface area (Å²) in [7, 11) is -4.15. The minimum absolute atomic E-state index is 0.0354. The number of ether oxygens (including phenoxy) is 1. The minimum Gasteiger partial charge on any atom is -0.494 e. The Morgan fingerprint density at radius 2 is 1.62 bits per heavy atom. The van der Waals surface area contributed by atoms with E-state index < -0.39 is 28.5 Å². The Balaban J connectivity index is 2.03. The van der Waals surface area contributed by atoms with E-state index in [1.807, 2.05) is 52.0 Å². The van der Waals surface area contributed by atoms with Crippen LogP contribution in [-0.2, 0) is 26.2 Å². The van der Waals surface area contributed by atoms with Crippen molar-refractivity contribution in [2.24, 2.45) is 0 Å². The Hall–Kier alpha value is -3.37. The second-order valence-corrected chi connectivity index (χ2v) is 12.5. The lowest BCUT2D eigenvalue weighted by molar-refractivity contribution is -0.139. The summed E-state index contributed by atoms with van der Waals surface area (Å²) in [6, 6.07) is 19.5. The summed E-state index contributed by atoms with van der Waals surface area (Å²) >= 11 is 3.34. The number of anilines is 1. The SMILES string of the molecule is CCOc1ccc(N(CC(=O)N(Cc2cccc(C)c2)[C@H](C)C(=O)NC(C)C)S(=O)(=O)c2ccc(Br)cc2)cc1. The van der Waals surface area contributed by atoms with Crippen molar-refractivity contribution in [2.45, 2.75) is 58.1 Å². The third-order valence-electron chi connectivity index (χ3n) is 6.15. The maximum Gasteiger partial charge on any atom is 0.264 e. The largest absolute Gasteiger partial charge is 0.494 e. The highest BCUT2D eigenvalue weighted by Gasteiger charge is 2.32. The molecule has 0 aliphatic carbocycles. The van der Waals surface area contributed by atoms with Gasteiger partial charge in [-0.15, -0.1) is 0 Å². The van der Waals surface area contributed by atoms with Gasteiger partial charge in [-0.05, 0) is 88.7 Å². The van der Waals surface area contributed by atoms with Crippen molar-refractivity contribution in [3.63, 3.8) is 0 Å². The van der Waals surface area contributed by atoms with Crippen LogP contribution in [0.25, 0.3) is 0 Å². The first-order chi connectivity index (χ1) is 18.9. The zero-order valence-corrected chi connectivity index (χ0v) is 25.8. The number of amides is 2. The molecule has 0 unspecified atom stereocenters. The Labute approximate surface area is 245 Å². The molecule has 0 spiro atoms. The highest BCUT2D eigenvalue weighted by Crippen LogP contribution is 2.27. The smallest absolute Gasteiger partial charge is 0.264 e. The van der Waals surface area contributed by atoms with Crippen molar-refractivity contribution in [1.29, 1.82) is 0 Å². The second-order valence-electron chi connectivity index (χ2n) is 9.74. The van der Waals surface area contributed by atoms with E-state index in [0.29, 0.717) is 18.0 Å². The van der Waals surface area contributed by atoms with E-state index >= 15 is 0 Å². The van der Waals surface area contributed by atoms with E-state index in [-0.39, 0.29) is 23.4 Å². The number of hydrogen-bond donors (Lipinski definition) is 1. The number of carbonyl (C=O) groups is 2. The van der Waals surface area contributed by atoms with Crippen LogP contribution < -0.4 is 14.4 Å². The lowest BCUT2D eigenvalue weighted by Gasteiger charge is -2.32. The molecule has 40 heavy (non-hydrogen) atoms. The highest BCUT2D eigenvalue weighted by molar-refractivity contribution is 9.10. The number of aryl methyl sites for hydroxylation is 1. The maximum atomic E-state index is 14.0. The molecular weight excluding hydrogens is 594 g/mol. The lowest BCUT2D eigenvalue weighted by atomic mass is 10.1. The Morgan fingerprint density at radius 1 is 0.975 bits per heavy atom. The molecule has 1 N–H and O–H groups in total. The molecule has 3 aromatic rings. The van der Waals surface area contributed by atoms with Crippen LogP contribution in [0.15, 0.2) is 82.2 Å². The standard InChI is InChI=1S/C30H36BrN3O5S/c1-6-39-27-14-12-26(13-15-27)34(40(37,38)28-16-10-25(31)11-17-28)20-29(35)33(23(5)30(36)32-21(2)3)19-24-9-7-8-22(4)18-24/h7-18,21,23H,6,19-20H2,1-5H3,(H,32,36)/t23-/m1/s1. The number of halogens is 1. The minimum atomic E-state index is -4.15. The molecule has 0 heterocycles. The van der Waals surface area contributed by atoms with Crippen molar-refractivity contribution >= 4 is 43.5 Å². The summed E-state index contributed by atoms with van der Waals surface area (Å²) < 4.78 is 35.1. The lowest BCUT2D eigenvalue weighted by Crippen LogP contribution is -2.52. The van der Waals surface area contributed by atoms with Gasteiger partial charge < -0.3 is 15.0 Å². The molecule has 1 atom stereocenters. The average molecular weight is 631 g/mol. The second kappa shape index (κ2) is 13.8. The fourth-order valence-corrected chi connectivity index (χ4v) is 5.81. The van der Waals surface area contributed by atoms with Gasteiger partial charge in [-0.1, -0.05) is 45.8 Å². The summed E-state index contributed by atoms with van der Waals surface area (Å²) in [6.07, 6.45) is 0. The number of benzene rings is 3. The van der Waals surface area contributed by atoms with E-state index in [1.54, 1.807) is 43.3 Å². The zero-order valence-electron chi connectivity index (χ0n) is 23.4. The summed E-state index contributed by atoms with van der Waals surface area (Å²) in [5, 5.41) is 2.86. The van der Waals surface area contributed by atoms with Crippen molar-refractivity contribution in [2.75, 3.05) is 17.5 Å². The van der Waals surface area contributed by atoms with Crippen LogP contribution in [0.5, 0.6) is 5.75 Å².